The number of aliphatic carboxylic acids is 1. The van der Waals surface area contributed by atoms with Crippen molar-refractivity contribution in [3.63, 3.8) is 0 Å². The second-order valence-electron chi connectivity index (χ2n) is 4.53. The lowest BCUT2D eigenvalue weighted by atomic mass is 10.0. The lowest BCUT2D eigenvalue weighted by Gasteiger charge is -2.30. The molecule has 6 heteroatoms. The predicted molar refractivity (Wildman–Crippen MR) is 66.0 cm³/mol. The van der Waals surface area contributed by atoms with Crippen molar-refractivity contribution >= 4 is 11.9 Å². The van der Waals surface area contributed by atoms with Crippen LogP contribution in [0.5, 0.6) is 0 Å². The number of hydrogen-bond acceptors (Lipinski definition) is 4. The summed E-state index contributed by atoms with van der Waals surface area (Å²) in [4.78, 5) is 24.8. The summed E-state index contributed by atoms with van der Waals surface area (Å²) in [6.45, 7) is 3.50. The summed E-state index contributed by atoms with van der Waals surface area (Å²) in [5, 5.41) is 9.12. The van der Waals surface area contributed by atoms with Gasteiger partial charge in [-0.15, -0.1) is 0 Å². The summed E-state index contributed by atoms with van der Waals surface area (Å²) < 4.78 is 5.21. The molecule has 18 heavy (non-hydrogen) atoms. The molecule has 1 fully saturated rings. The van der Waals surface area contributed by atoms with E-state index in [4.69, 9.17) is 15.6 Å². The normalized spacial score (nSPS) is 23.0. The van der Waals surface area contributed by atoms with Crippen LogP contribution in [0.3, 0.4) is 0 Å². The Morgan fingerprint density at radius 1 is 1.44 bits per heavy atom. The third-order valence-corrected chi connectivity index (χ3v) is 3.15. The molecular formula is C12H22N2O4. The molecule has 6 nitrogen and oxygen atoms in total. The average molecular weight is 258 g/mol. The lowest BCUT2D eigenvalue weighted by Crippen LogP contribution is -2.47. The molecule has 1 saturated heterocycles. The number of amides is 1. The van der Waals surface area contributed by atoms with Crippen LogP contribution in [0.2, 0.25) is 0 Å². The van der Waals surface area contributed by atoms with Gasteiger partial charge in [0.15, 0.2) is 0 Å². The van der Waals surface area contributed by atoms with Crippen molar-refractivity contribution in [2.75, 3.05) is 26.3 Å². The van der Waals surface area contributed by atoms with Crippen LogP contribution >= 0.6 is 0 Å². The maximum absolute atomic E-state index is 12.1. The molecule has 0 bridgehead atoms. The molecule has 2 unspecified atom stereocenters. The molecule has 0 aliphatic carbocycles. The van der Waals surface area contributed by atoms with Crippen LogP contribution in [0.4, 0.5) is 0 Å². The molecule has 2 atom stereocenters. The third kappa shape index (κ3) is 3.68. The van der Waals surface area contributed by atoms with E-state index in [-0.39, 0.29) is 18.6 Å². The molecule has 3 N–H and O–H groups in total. The zero-order chi connectivity index (χ0) is 13.5. The van der Waals surface area contributed by atoms with E-state index in [9.17, 15) is 9.59 Å². The van der Waals surface area contributed by atoms with Crippen LogP contribution in [0, 0.1) is 5.92 Å². The molecule has 0 aromatic heterocycles. The standard InChI is InChI=1S/C12H22N2O4/c1-2-6-14(11(15)4-3-5-13)10-8-18-7-9(10)12(16)17/h9-10H,2-8,13H2,1H3,(H,16,17). The van der Waals surface area contributed by atoms with E-state index in [1.54, 1.807) is 4.90 Å². The van der Waals surface area contributed by atoms with Gasteiger partial charge in [0.05, 0.1) is 19.3 Å². The molecule has 0 saturated carbocycles. The molecule has 1 aliphatic heterocycles. The van der Waals surface area contributed by atoms with Gasteiger partial charge in [-0.1, -0.05) is 6.92 Å². The topological polar surface area (TPSA) is 92.9 Å². The van der Waals surface area contributed by atoms with Crippen LogP contribution in [0.15, 0.2) is 0 Å². The van der Waals surface area contributed by atoms with E-state index < -0.39 is 11.9 Å². The molecule has 0 radical (unpaired) electrons. The first-order valence-corrected chi connectivity index (χ1v) is 6.41. The highest BCUT2D eigenvalue weighted by Crippen LogP contribution is 2.21. The van der Waals surface area contributed by atoms with E-state index in [0.29, 0.717) is 32.5 Å². The van der Waals surface area contributed by atoms with Crippen LogP contribution < -0.4 is 5.73 Å². The van der Waals surface area contributed by atoms with Crippen molar-refractivity contribution in [1.29, 1.82) is 0 Å². The Balaban J connectivity index is 2.70. The van der Waals surface area contributed by atoms with Gasteiger partial charge in [-0.2, -0.15) is 0 Å². The van der Waals surface area contributed by atoms with Crippen molar-refractivity contribution in [2.45, 2.75) is 32.2 Å². The van der Waals surface area contributed by atoms with E-state index in [0.717, 1.165) is 6.42 Å². The highest BCUT2D eigenvalue weighted by molar-refractivity contribution is 5.78. The molecule has 104 valence electrons. The number of carboxylic acids is 1. The van der Waals surface area contributed by atoms with Gasteiger partial charge in [0.1, 0.15) is 5.92 Å². The molecule has 0 spiro atoms. The summed E-state index contributed by atoms with van der Waals surface area (Å²) >= 11 is 0. The smallest absolute Gasteiger partial charge is 0.311 e. The lowest BCUT2D eigenvalue weighted by molar-refractivity contribution is -0.145. The third-order valence-electron chi connectivity index (χ3n) is 3.15. The Labute approximate surface area is 107 Å². The monoisotopic (exact) mass is 258 g/mol. The molecule has 1 aliphatic rings. The summed E-state index contributed by atoms with van der Waals surface area (Å²) in [6, 6.07) is -0.340. The molecule has 0 aromatic rings. The van der Waals surface area contributed by atoms with Gasteiger partial charge in [-0.25, -0.2) is 0 Å². The van der Waals surface area contributed by atoms with Crippen LogP contribution in [-0.4, -0.2) is 54.2 Å². The number of carboxylic acid groups (broad SMARTS) is 1. The van der Waals surface area contributed by atoms with Crippen molar-refractivity contribution in [3.05, 3.63) is 0 Å². The van der Waals surface area contributed by atoms with E-state index in [1.165, 1.54) is 0 Å². The summed E-state index contributed by atoms with van der Waals surface area (Å²) in [6.07, 6.45) is 1.81. The van der Waals surface area contributed by atoms with Gasteiger partial charge in [0.25, 0.3) is 0 Å². The minimum absolute atomic E-state index is 0.0240. The second kappa shape index (κ2) is 7.33. The summed E-state index contributed by atoms with van der Waals surface area (Å²) in [5.74, 6) is -1.53. The second-order valence-corrected chi connectivity index (χ2v) is 4.53. The Hall–Kier alpha value is -1.14. The summed E-state index contributed by atoms with van der Waals surface area (Å²) in [7, 11) is 0. The molecule has 1 heterocycles. The van der Waals surface area contributed by atoms with Crippen LogP contribution in [0.1, 0.15) is 26.2 Å². The van der Waals surface area contributed by atoms with Gasteiger partial charge in [0, 0.05) is 13.0 Å². The van der Waals surface area contributed by atoms with Gasteiger partial charge in [-0.05, 0) is 19.4 Å². The van der Waals surface area contributed by atoms with E-state index in [1.807, 2.05) is 6.92 Å². The fraction of sp³-hybridized carbons (Fsp3) is 0.833. The van der Waals surface area contributed by atoms with Crippen molar-refractivity contribution in [2.24, 2.45) is 11.7 Å². The van der Waals surface area contributed by atoms with Gasteiger partial charge < -0.3 is 20.5 Å². The first-order valence-electron chi connectivity index (χ1n) is 6.41. The fourth-order valence-corrected chi connectivity index (χ4v) is 2.20. The SMILES string of the molecule is CCCN(C(=O)CCCN)C1COCC1C(=O)O. The minimum Gasteiger partial charge on any atom is -0.481 e. The number of hydrogen-bond donors (Lipinski definition) is 2. The van der Waals surface area contributed by atoms with E-state index >= 15 is 0 Å². The Morgan fingerprint density at radius 2 is 2.17 bits per heavy atom. The highest BCUT2D eigenvalue weighted by atomic mass is 16.5. The Kier molecular flexibility index (Phi) is 6.07. The Bertz CT molecular complexity index is 296. The van der Waals surface area contributed by atoms with Crippen molar-refractivity contribution < 1.29 is 19.4 Å². The maximum Gasteiger partial charge on any atom is 0.311 e. The zero-order valence-electron chi connectivity index (χ0n) is 10.8. The maximum atomic E-state index is 12.1. The first-order chi connectivity index (χ1) is 8.61. The van der Waals surface area contributed by atoms with Crippen molar-refractivity contribution in [3.8, 4) is 0 Å². The largest absolute Gasteiger partial charge is 0.481 e. The number of nitrogens with two attached hydrogens (primary N) is 1. The first kappa shape index (κ1) is 14.9. The Morgan fingerprint density at radius 3 is 2.72 bits per heavy atom. The molecule has 0 aromatic carbocycles. The number of nitrogens with zero attached hydrogens (tertiary/aromatic N) is 1. The van der Waals surface area contributed by atoms with E-state index in [2.05, 4.69) is 0 Å². The quantitative estimate of drug-likeness (QED) is 0.673. The number of carbonyl (C=O) groups excluding carboxylic acids is 1. The van der Waals surface area contributed by atoms with Gasteiger partial charge in [-0.3, -0.25) is 9.59 Å². The van der Waals surface area contributed by atoms with Crippen molar-refractivity contribution in [1.82, 2.24) is 4.90 Å². The number of rotatable bonds is 7. The molecular weight excluding hydrogens is 236 g/mol. The average Bonchev–Trinajstić information content (AvgIpc) is 2.81. The van der Waals surface area contributed by atoms with Crippen LogP contribution in [-0.2, 0) is 14.3 Å². The summed E-state index contributed by atoms with van der Waals surface area (Å²) in [5.41, 5.74) is 5.39. The highest BCUT2D eigenvalue weighted by Gasteiger charge is 2.39. The number of carbonyl (C=O) groups is 2. The molecule has 1 amide bonds. The minimum atomic E-state index is -0.898. The molecule has 1 rings (SSSR count). The fourth-order valence-electron chi connectivity index (χ4n) is 2.20. The van der Waals surface area contributed by atoms with Gasteiger partial charge >= 0.3 is 5.97 Å². The predicted octanol–water partition coefficient (Wildman–Crippen LogP) is 0.0635. The zero-order valence-corrected chi connectivity index (χ0v) is 10.8. The number of ether oxygens (including phenoxy) is 1. The van der Waals surface area contributed by atoms with Gasteiger partial charge in [0.2, 0.25) is 5.91 Å². The van der Waals surface area contributed by atoms with Crippen LogP contribution in [0.25, 0.3) is 0 Å².